The van der Waals surface area contributed by atoms with Crippen molar-refractivity contribution in [1.82, 2.24) is 0 Å². The van der Waals surface area contributed by atoms with Crippen molar-refractivity contribution in [2.45, 2.75) is 13.0 Å². The average molecular weight is 250 g/mol. The van der Waals surface area contributed by atoms with Gasteiger partial charge < -0.3 is 5.32 Å². The smallest absolute Gasteiger partial charge is 0.125 e. The molecule has 0 saturated carbocycles. The van der Waals surface area contributed by atoms with E-state index < -0.39 is 0 Å². The number of hydrogen-bond acceptors (Lipinski definition) is 1. The van der Waals surface area contributed by atoms with E-state index >= 15 is 0 Å². The molecule has 0 radical (unpaired) electrons. The van der Waals surface area contributed by atoms with Crippen LogP contribution < -0.4 is 5.32 Å². The number of halogens is 2. The fraction of sp³-hybridized carbons (Fsp3) is 0.143. The van der Waals surface area contributed by atoms with Gasteiger partial charge in [-0.1, -0.05) is 41.9 Å². The van der Waals surface area contributed by atoms with Crippen LogP contribution in [0, 0.1) is 5.82 Å². The topological polar surface area (TPSA) is 12.0 Å². The van der Waals surface area contributed by atoms with E-state index in [-0.39, 0.29) is 11.9 Å². The van der Waals surface area contributed by atoms with Gasteiger partial charge in [0.05, 0.1) is 10.7 Å². The molecule has 1 atom stereocenters. The van der Waals surface area contributed by atoms with Crippen molar-refractivity contribution in [3.63, 3.8) is 0 Å². The van der Waals surface area contributed by atoms with Gasteiger partial charge in [0.15, 0.2) is 0 Å². The van der Waals surface area contributed by atoms with Gasteiger partial charge >= 0.3 is 0 Å². The lowest BCUT2D eigenvalue weighted by molar-refractivity contribution is 0.628. The van der Waals surface area contributed by atoms with Gasteiger partial charge in [0.1, 0.15) is 5.82 Å². The van der Waals surface area contributed by atoms with E-state index in [0.717, 1.165) is 5.56 Å². The third kappa shape index (κ3) is 2.98. The Morgan fingerprint density at radius 1 is 1.12 bits per heavy atom. The van der Waals surface area contributed by atoms with Crippen molar-refractivity contribution in [2.75, 3.05) is 5.32 Å². The minimum absolute atomic E-state index is 0.0792. The summed E-state index contributed by atoms with van der Waals surface area (Å²) in [5, 5.41) is 3.72. The van der Waals surface area contributed by atoms with Crippen molar-refractivity contribution in [1.29, 1.82) is 0 Å². The maximum absolute atomic E-state index is 13.1. The maximum Gasteiger partial charge on any atom is 0.125 e. The van der Waals surface area contributed by atoms with Crippen molar-refractivity contribution in [3.8, 4) is 0 Å². The monoisotopic (exact) mass is 249 g/mol. The van der Waals surface area contributed by atoms with Gasteiger partial charge in [0.2, 0.25) is 0 Å². The molecule has 0 aliphatic heterocycles. The van der Waals surface area contributed by atoms with E-state index in [2.05, 4.69) is 5.32 Å². The number of rotatable bonds is 3. The highest BCUT2D eigenvalue weighted by Gasteiger charge is 2.07. The minimum atomic E-state index is -0.294. The predicted molar refractivity (Wildman–Crippen MR) is 69.9 cm³/mol. The zero-order valence-electron chi connectivity index (χ0n) is 9.45. The van der Waals surface area contributed by atoms with Crippen molar-refractivity contribution in [2.24, 2.45) is 0 Å². The summed E-state index contributed by atoms with van der Waals surface area (Å²) in [6.45, 7) is 2.01. The SMILES string of the molecule is CC(Nc1cc(F)ccc1Cl)c1ccccc1. The molecule has 0 spiro atoms. The maximum atomic E-state index is 13.1. The Bertz CT molecular complexity index is 499. The van der Waals surface area contributed by atoms with Gasteiger partial charge in [-0.25, -0.2) is 4.39 Å². The van der Waals surface area contributed by atoms with Gasteiger partial charge in [-0.2, -0.15) is 0 Å². The van der Waals surface area contributed by atoms with Crippen molar-refractivity contribution in [3.05, 3.63) is 64.9 Å². The first kappa shape index (κ1) is 11.9. The molecule has 0 fully saturated rings. The van der Waals surface area contributed by atoms with E-state index in [1.54, 1.807) is 6.07 Å². The lowest BCUT2D eigenvalue weighted by atomic mass is 10.1. The fourth-order valence-electron chi connectivity index (χ4n) is 1.67. The Morgan fingerprint density at radius 3 is 2.53 bits per heavy atom. The Balaban J connectivity index is 2.18. The molecule has 1 N–H and O–H groups in total. The zero-order chi connectivity index (χ0) is 12.3. The molecule has 0 bridgehead atoms. The largest absolute Gasteiger partial charge is 0.377 e. The van der Waals surface area contributed by atoms with Gasteiger partial charge in [-0.15, -0.1) is 0 Å². The van der Waals surface area contributed by atoms with Crippen LogP contribution in [0.1, 0.15) is 18.5 Å². The summed E-state index contributed by atoms with van der Waals surface area (Å²) in [7, 11) is 0. The molecule has 0 saturated heterocycles. The highest BCUT2D eigenvalue weighted by atomic mass is 35.5. The summed E-state index contributed by atoms with van der Waals surface area (Å²) < 4.78 is 13.1. The van der Waals surface area contributed by atoms with E-state index in [0.29, 0.717) is 10.7 Å². The van der Waals surface area contributed by atoms with Gasteiger partial charge in [-0.3, -0.25) is 0 Å². The third-order valence-corrected chi connectivity index (χ3v) is 2.93. The van der Waals surface area contributed by atoms with Crippen LogP contribution in [0.4, 0.5) is 10.1 Å². The molecule has 1 unspecified atom stereocenters. The van der Waals surface area contributed by atoms with Crippen LogP contribution in [-0.2, 0) is 0 Å². The first-order valence-electron chi connectivity index (χ1n) is 5.43. The number of hydrogen-bond donors (Lipinski definition) is 1. The highest BCUT2D eigenvalue weighted by molar-refractivity contribution is 6.33. The summed E-state index contributed by atoms with van der Waals surface area (Å²) in [5.74, 6) is -0.294. The van der Waals surface area contributed by atoms with Crippen LogP contribution in [0.15, 0.2) is 48.5 Å². The molecule has 0 aromatic heterocycles. The second kappa shape index (κ2) is 5.19. The fourth-order valence-corrected chi connectivity index (χ4v) is 1.84. The Hall–Kier alpha value is -1.54. The molecular weight excluding hydrogens is 237 g/mol. The van der Waals surface area contributed by atoms with Crippen LogP contribution in [0.3, 0.4) is 0 Å². The molecule has 88 valence electrons. The molecule has 17 heavy (non-hydrogen) atoms. The van der Waals surface area contributed by atoms with Crippen LogP contribution in [-0.4, -0.2) is 0 Å². The summed E-state index contributed by atoms with van der Waals surface area (Å²) in [6.07, 6.45) is 0. The van der Waals surface area contributed by atoms with Crippen LogP contribution in [0.2, 0.25) is 5.02 Å². The zero-order valence-corrected chi connectivity index (χ0v) is 10.2. The summed E-state index contributed by atoms with van der Waals surface area (Å²) in [6, 6.07) is 14.3. The van der Waals surface area contributed by atoms with E-state index in [9.17, 15) is 4.39 Å². The normalized spacial score (nSPS) is 12.2. The van der Waals surface area contributed by atoms with E-state index in [1.165, 1.54) is 12.1 Å². The number of nitrogens with one attached hydrogen (secondary N) is 1. The summed E-state index contributed by atoms with van der Waals surface area (Å²) in [4.78, 5) is 0. The van der Waals surface area contributed by atoms with Gasteiger partial charge in [0, 0.05) is 6.04 Å². The molecule has 0 heterocycles. The molecule has 3 heteroatoms. The second-order valence-electron chi connectivity index (χ2n) is 3.90. The van der Waals surface area contributed by atoms with Crippen molar-refractivity contribution >= 4 is 17.3 Å². The van der Waals surface area contributed by atoms with Crippen molar-refractivity contribution < 1.29 is 4.39 Å². The van der Waals surface area contributed by atoms with E-state index in [4.69, 9.17) is 11.6 Å². The van der Waals surface area contributed by atoms with Crippen LogP contribution in [0.25, 0.3) is 0 Å². The molecule has 2 rings (SSSR count). The predicted octanol–water partition coefficient (Wildman–Crippen LogP) is 4.65. The summed E-state index contributed by atoms with van der Waals surface area (Å²) in [5.41, 5.74) is 1.75. The second-order valence-corrected chi connectivity index (χ2v) is 4.31. The van der Waals surface area contributed by atoms with Crippen LogP contribution in [0.5, 0.6) is 0 Å². The lowest BCUT2D eigenvalue weighted by Crippen LogP contribution is -2.06. The number of benzene rings is 2. The molecule has 2 aromatic carbocycles. The first-order valence-corrected chi connectivity index (χ1v) is 5.81. The number of anilines is 1. The quantitative estimate of drug-likeness (QED) is 0.835. The molecule has 0 aliphatic carbocycles. The minimum Gasteiger partial charge on any atom is -0.377 e. The Kier molecular flexibility index (Phi) is 3.64. The standard InChI is InChI=1S/C14H13ClFN/c1-10(11-5-3-2-4-6-11)17-14-9-12(16)7-8-13(14)15/h2-10,17H,1H3. The molecular formula is C14H13ClFN. The Morgan fingerprint density at radius 2 is 1.82 bits per heavy atom. The lowest BCUT2D eigenvalue weighted by Gasteiger charge is -2.16. The molecule has 1 nitrogen and oxygen atoms in total. The van der Waals surface area contributed by atoms with Gasteiger partial charge in [-0.05, 0) is 30.7 Å². The molecule has 0 amide bonds. The first-order chi connectivity index (χ1) is 8.16. The average Bonchev–Trinajstić information content (AvgIpc) is 2.35. The highest BCUT2D eigenvalue weighted by Crippen LogP contribution is 2.26. The van der Waals surface area contributed by atoms with Crippen LogP contribution >= 0.6 is 11.6 Å². The van der Waals surface area contributed by atoms with E-state index in [1.807, 2.05) is 37.3 Å². The van der Waals surface area contributed by atoms with Gasteiger partial charge in [0.25, 0.3) is 0 Å². The molecule has 2 aromatic rings. The summed E-state index contributed by atoms with van der Waals surface area (Å²) >= 11 is 6.00. The third-order valence-electron chi connectivity index (χ3n) is 2.60. The molecule has 0 aliphatic rings. The Labute approximate surface area is 105 Å².